The molecule has 0 fully saturated rings. The number of carbonyl (C=O) groups excluding carboxylic acids is 1. The van der Waals surface area contributed by atoms with Crippen LogP contribution in [0.25, 0.3) is 11.0 Å². The summed E-state index contributed by atoms with van der Waals surface area (Å²) in [5, 5.41) is 0. The zero-order valence-corrected chi connectivity index (χ0v) is 14.7. The second kappa shape index (κ2) is 7.84. The minimum atomic E-state index is -0.499. The van der Waals surface area contributed by atoms with E-state index in [-0.39, 0.29) is 12.4 Å². The van der Waals surface area contributed by atoms with Gasteiger partial charge < -0.3 is 9.47 Å². The molecule has 0 saturated heterocycles. The molecule has 0 atom stereocenters. The quantitative estimate of drug-likeness (QED) is 0.464. The van der Waals surface area contributed by atoms with Crippen molar-refractivity contribution in [1.82, 2.24) is 9.97 Å². The molecule has 0 aliphatic carbocycles. The monoisotopic (exact) mass is 374 g/mol. The largest absolute Gasteiger partial charge is 0.457 e. The first-order valence-corrected chi connectivity index (χ1v) is 8.59. The van der Waals surface area contributed by atoms with Crippen molar-refractivity contribution < 1.29 is 18.7 Å². The van der Waals surface area contributed by atoms with Gasteiger partial charge in [-0.15, -0.1) is 0 Å². The van der Waals surface area contributed by atoms with Crippen molar-refractivity contribution in [2.45, 2.75) is 6.61 Å². The normalized spacial score (nSPS) is 10.6. The maximum absolute atomic E-state index is 13.2. The summed E-state index contributed by atoms with van der Waals surface area (Å²) >= 11 is 0. The van der Waals surface area contributed by atoms with E-state index in [1.54, 1.807) is 42.6 Å². The highest BCUT2D eigenvalue weighted by atomic mass is 19.1. The van der Waals surface area contributed by atoms with Gasteiger partial charge in [-0.1, -0.05) is 24.3 Å². The molecule has 4 aromatic rings. The first-order chi connectivity index (χ1) is 13.7. The number of carbonyl (C=O) groups is 1. The summed E-state index contributed by atoms with van der Waals surface area (Å²) in [6.45, 7) is 0.00151. The molecular weight excluding hydrogens is 359 g/mol. The highest BCUT2D eigenvalue weighted by molar-refractivity contribution is 5.89. The van der Waals surface area contributed by atoms with E-state index in [2.05, 4.69) is 9.97 Å². The molecule has 0 unspecified atom stereocenters. The van der Waals surface area contributed by atoms with Crippen LogP contribution in [0.4, 0.5) is 4.39 Å². The summed E-state index contributed by atoms with van der Waals surface area (Å²) in [7, 11) is 0. The molecule has 0 spiro atoms. The fourth-order valence-corrected chi connectivity index (χ4v) is 2.63. The van der Waals surface area contributed by atoms with Gasteiger partial charge in [0.25, 0.3) is 0 Å². The van der Waals surface area contributed by atoms with Crippen molar-refractivity contribution >= 4 is 17.0 Å². The molecule has 28 heavy (non-hydrogen) atoms. The molecule has 5 nitrogen and oxygen atoms in total. The third kappa shape index (κ3) is 4.12. The maximum Gasteiger partial charge on any atom is 0.338 e. The van der Waals surface area contributed by atoms with Crippen molar-refractivity contribution in [2.75, 3.05) is 0 Å². The Kier molecular flexibility index (Phi) is 4.93. The summed E-state index contributed by atoms with van der Waals surface area (Å²) in [5.74, 6) is 0.0135. The maximum atomic E-state index is 13.2. The van der Waals surface area contributed by atoms with Crippen molar-refractivity contribution in [3.8, 4) is 11.6 Å². The SMILES string of the molecule is O=C(OCc1cccc(F)c1)c1ccc(Oc2cnc3ccccc3n2)cc1. The number of rotatable bonds is 5. The summed E-state index contributed by atoms with van der Waals surface area (Å²) in [6, 6.07) is 19.9. The van der Waals surface area contributed by atoms with E-state index in [4.69, 9.17) is 9.47 Å². The number of para-hydroxylation sites is 2. The Morgan fingerprint density at radius 2 is 1.71 bits per heavy atom. The molecule has 138 valence electrons. The minimum Gasteiger partial charge on any atom is -0.457 e. The lowest BCUT2D eigenvalue weighted by Crippen LogP contribution is -2.05. The summed E-state index contributed by atoms with van der Waals surface area (Å²) in [4.78, 5) is 20.8. The lowest BCUT2D eigenvalue weighted by molar-refractivity contribution is 0.0472. The third-order valence-electron chi connectivity index (χ3n) is 4.00. The lowest BCUT2D eigenvalue weighted by atomic mass is 10.2. The van der Waals surface area contributed by atoms with E-state index < -0.39 is 5.97 Å². The molecule has 0 radical (unpaired) electrons. The topological polar surface area (TPSA) is 61.3 Å². The average molecular weight is 374 g/mol. The number of fused-ring (bicyclic) bond motifs is 1. The highest BCUT2D eigenvalue weighted by Gasteiger charge is 2.09. The second-order valence-corrected chi connectivity index (χ2v) is 6.03. The zero-order valence-electron chi connectivity index (χ0n) is 14.7. The molecule has 0 aliphatic rings. The van der Waals surface area contributed by atoms with E-state index in [0.29, 0.717) is 22.8 Å². The number of halogens is 1. The molecule has 0 aliphatic heterocycles. The Morgan fingerprint density at radius 1 is 0.929 bits per heavy atom. The lowest BCUT2D eigenvalue weighted by Gasteiger charge is -2.07. The number of ether oxygens (including phenoxy) is 2. The fraction of sp³-hybridized carbons (Fsp3) is 0.0455. The first-order valence-electron chi connectivity index (χ1n) is 8.59. The molecule has 0 bridgehead atoms. The molecule has 4 rings (SSSR count). The number of hydrogen-bond donors (Lipinski definition) is 0. The number of benzene rings is 3. The molecular formula is C22H15FN2O3. The van der Waals surface area contributed by atoms with E-state index in [0.717, 1.165) is 11.0 Å². The van der Waals surface area contributed by atoms with E-state index in [9.17, 15) is 9.18 Å². The van der Waals surface area contributed by atoms with Crippen LogP contribution < -0.4 is 4.74 Å². The van der Waals surface area contributed by atoms with E-state index in [1.807, 2.05) is 24.3 Å². The Bertz CT molecular complexity index is 1130. The van der Waals surface area contributed by atoms with Crippen molar-refractivity contribution in [3.63, 3.8) is 0 Å². The van der Waals surface area contributed by atoms with Crippen LogP contribution in [0.5, 0.6) is 11.6 Å². The van der Waals surface area contributed by atoms with E-state index in [1.165, 1.54) is 12.1 Å². The highest BCUT2D eigenvalue weighted by Crippen LogP contribution is 2.21. The Morgan fingerprint density at radius 3 is 2.50 bits per heavy atom. The van der Waals surface area contributed by atoms with Crippen LogP contribution in [0.15, 0.2) is 79.0 Å². The van der Waals surface area contributed by atoms with Crippen LogP contribution >= 0.6 is 0 Å². The number of nitrogens with zero attached hydrogens (tertiary/aromatic N) is 2. The van der Waals surface area contributed by atoms with Gasteiger partial charge in [0, 0.05) is 0 Å². The van der Waals surface area contributed by atoms with Gasteiger partial charge >= 0.3 is 5.97 Å². The van der Waals surface area contributed by atoms with Gasteiger partial charge in [0.15, 0.2) is 0 Å². The number of hydrogen-bond acceptors (Lipinski definition) is 5. The molecule has 3 aromatic carbocycles. The smallest absolute Gasteiger partial charge is 0.338 e. The van der Waals surface area contributed by atoms with Crippen LogP contribution in [0.3, 0.4) is 0 Å². The van der Waals surface area contributed by atoms with Crippen LogP contribution in [-0.4, -0.2) is 15.9 Å². The summed E-state index contributed by atoms with van der Waals surface area (Å²) in [5.41, 5.74) is 2.47. The van der Waals surface area contributed by atoms with Gasteiger partial charge in [-0.2, -0.15) is 0 Å². The summed E-state index contributed by atoms with van der Waals surface area (Å²) < 4.78 is 24.1. The number of aromatic nitrogens is 2. The molecule has 6 heteroatoms. The molecule has 1 heterocycles. The van der Waals surface area contributed by atoms with Gasteiger partial charge in [-0.3, -0.25) is 0 Å². The Balaban J connectivity index is 1.40. The van der Waals surface area contributed by atoms with Crippen LogP contribution in [0, 0.1) is 5.82 Å². The molecule has 0 N–H and O–H groups in total. The van der Waals surface area contributed by atoms with Gasteiger partial charge in [-0.25, -0.2) is 19.2 Å². The van der Waals surface area contributed by atoms with Crippen LogP contribution in [0.2, 0.25) is 0 Å². The van der Waals surface area contributed by atoms with Crippen LogP contribution in [0.1, 0.15) is 15.9 Å². The Labute approximate surface area is 160 Å². The minimum absolute atomic E-state index is 0.00151. The standard InChI is InChI=1S/C22H15FN2O3/c23-17-5-3-4-15(12-17)14-27-22(26)16-8-10-18(11-9-16)28-21-13-24-19-6-1-2-7-20(19)25-21/h1-13H,14H2. The first kappa shape index (κ1) is 17.6. The van der Waals surface area contributed by atoms with Crippen molar-refractivity contribution in [2.24, 2.45) is 0 Å². The van der Waals surface area contributed by atoms with Gasteiger partial charge in [0.05, 0.1) is 22.8 Å². The van der Waals surface area contributed by atoms with Gasteiger partial charge in [0.2, 0.25) is 5.88 Å². The van der Waals surface area contributed by atoms with Crippen LogP contribution in [-0.2, 0) is 11.3 Å². The average Bonchev–Trinajstić information content (AvgIpc) is 2.72. The van der Waals surface area contributed by atoms with Gasteiger partial charge in [0.1, 0.15) is 18.2 Å². The van der Waals surface area contributed by atoms with Crippen molar-refractivity contribution in [1.29, 1.82) is 0 Å². The van der Waals surface area contributed by atoms with Gasteiger partial charge in [-0.05, 0) is 54.1 Å². The van der Waals surface area contributed by atoms with E-state index >= 15 is 0 Å². The molecule has 0 amide bonds. The predicted molar refractivity (Wildman–Crippen MR) is 102 cm³/mol. The summed E-state index contributed by atoms with van der Waals surface area (Å²) in [6.07, 6.45) is 1.55. The molecule has 0 saturated carbocycles. The predicted octanol–water partition coefficient (Wildman–Crippen LogP) is 4.92. The second-order valence-electron chi connectivity index (χ2n) is 6.03. The molecule has 1 aromatic heterocycles. The third-order valence-corrected chi connectivity index (χ3v) is 4.00. The Hall–Kier alpha value is -3.80. The zero-order chi connectivity index (χ0) is 19.3. The fourth-order valence-electron chi connectivity index (χ4n) is 2.63. The van der Waals surface area contributed by atoms with Crippen molar-refractivity contribution in [3.05, 3.63) is 95.9 Å². The number of esters is 1.